The summed E-state index contributed by atoms with van der Waals surface area (Å²) in [4.78, 5) is 24.9. The Balaban J connectivity index is 2.04. The minimum Gasteiger partial charge on any atom is -0.480 e. The summed E-state index contributed by atoms with van der Waals surface area (Å²) in [6, 6.07) is -0.931. The second-order valence-electron chi connectivity index (χ2n) is 5.39. The van der Waals surface area contributed by atoms with Crippen molar-refractivity contribution in [3.8, 4) is 0 Å². The first-order chi connectivity index (χ1) is 8.43. The van der Waals surface area contributed by atoms with Crippen LogP contribution in [0.15, 0.2) is 0 Å². The topological polar surface area (TPSA) is 69.6 Å². The van der Waals surface area contributed by atoms with Gasteiger partial charge in [-0.1, -0.05) is 12.8 Å². The maximum absolute atomic E-state index is 12.3. The minimum atomic E-state index is -0.918. The molecule has 2 unspecified atom stereocenters. The second-order valence-corrected chi connectivity index (χ2v) is 6.74. The van der Waals surface area contributed by atoms with Crippen LogP contribution in [0, 0.1) is 0 Å². The van der Waals surface area contributed by atoms with E-state index in [1.165, 1.54) is 16.7 Å². The first-order valence-electron chi connectivity index (χ1n) is 6.38. The fraction of sp³-hybridized carbons (Fsp3) is 0.833. The zero-order valence-corrected chi connectivity index (χ0v) is 11.6. The van der Waals surface area contributed by atoms with Crippen molar-refractivity contribution in [3.05, 3.63) is 0 Å². The fourth-order valence-corrected chi connectivity index (χ4v) is 3.91. The number of nitrogens with zero attached hydrogens (tertiary/aromatic N) is 1. The third-order valence-electron chi connectivity index (χ3n) is 3.86. The number of urea groups is 1. The number of carbonyl (C=O) groups excluding carboxylic acids is 1. The van der Waals surface area contributed by atoms with Crippen LogP contribution in [0.4, 0.5) is 4.79 Å². The molecule has 2 atom stereocenters. The van der Waals surface area contributed by atoms with E-state index in [9.17, 15) is 9.59 Å². The van der Waals surface area contributed by atoms with Gasteiger partial charge in [-0.25, -0.2) is 9.59 Å². The lowest BCUT2D eigenvalue weighted by Crippen LogP contribution is -2.55. The molecule has 2 fully saturated rings. The monoisotopic (exact) mass is 272 g/mol. The highest BCUT2D eigenvalue weighted by Crippen LogP contribution is 2.32. The van der Waals surface area contributed by atoms with Crippen molar-refractivity contribution in [3.63, 3.8) is 0 Å². The lowest BCUT2D eigenvalue weighted by molar-refractivity contribution is -0.141. The molecular formula is C12H20N2O3S. The van der Waals surface area contributed by atoms with E-state index in [-0.39, 0.29) is 16.9 Å². The molecule has 0 radical (unpaired) electrons. The Bertz CT molecular complexity index is 355. The Kier molecular flexibility index (Phi) is 3.75. The molecule has 18 heavy (non-hydrogen) atoms. The third-order valence-corrected chi connectivity index (χ3v) is 5.08. The van der Waals surface area contributed by atoms with Gasteiger partial charge in [0.15, 0.2) is 0 Å². The smallest absolute Gasteiger partial charge is 0.327 e. The summed E-state index contributed by atoms with van der Waals surface area (Å²) in [6.45, 7) is 3.92. The van der Waals surface area contributed by atoms with Gasteiger partial charge in [0, 0.05) is 11.3 Å². The first kappa shape index (κ1) is 13.5. The van der Waals surface area contributed by atoms with E-state index in [1.54, 1.807) is 0 Å². The van der Waals surface area contributed by atoms with E-state index in [1.807, 2.05) is 13.8 Å². The number of thioether (sulfide) groups is 1. The number of hydrogen-bond donors (Lipinski definition) is 2. The maximum atomic E-state index is 12.3. The quantitative estimate of drug-likeness (QED) is 0.805. The van der Waals surface area contributed by atoms with Gasteiger partial charge in [-0.05, 0) is 26.7 Å². The Morgan fingerprint density at radius 2 is 2.00 bits per heavy atom. The van der Waals surface area contributed by atoms with Crippen molar-refractivity contribution in [2.45, 2.75) is 56.5 Å². The van der Waals surface area contributed by atoms with Crippen LogP contribution in [0.1, 0.15) is 39.5 Å². The van der Waals surface area contributed by atoms with Gasteiger partial charge in [0.2, 0.25) is 0 Å². The molecule has 0 aromatic rings. The van der Waals surface area contributed by atoms with Gasteiger partial charge < -0.3 is 10.4 Å². The molecule has 102 valence electrons. The van der Waals surface area contributed by atoms with Gasteiger partial charge in [-0.3, -0.25) is 4.90 Å². The number of carboxylic acids is 1. The Morgan fingerprint density at radius 1 is 1.39 bits per heavy atom. The first-order valence-corrected chi connectivity index (χ1v) is 7.43. The second kappa shape index (κ2) is 4.99. The molecule has 5 nitrogen and oxygen atoms in total. The van der Waals surface area contributed by atoms with E-state index in [0.717, 1.165) is 25.7 Å². The Labute approximate surface area is 111 Å². The molecule has 1 aliphatic carbocycles. The largest absolute Gasteiger partial charge is 0.480 e. The summed E-state index contributed by atoms with van der Waals surface area (Å²) < 4.78 is 0. The zero-order chi connectivity index (χ0) is 13.3. The number of hydrogen-bond acceptors (Lipinski definition) is 3. The van der Waals surface area contributed by atoms with Crippen molar-refractivity contribution in [1.29, 1.82) is 0 Å². The normalized spacial score (nSPS) is 30.4. The van der Waals surface area contributed by atoms with Crippen LogP contribution >= 0.6 is 11.8 Å². The van der Waals surface area contributed by atoms with Crippen molar-refractivity contribution in [1.82, 2.24) is 10.2 Å². The number of carboxylic acid groups (broad SMARTS) is 1. The summed E-state index contributed by atoms with van der Waals surface area (Å²) in [7, 11) is 0. The molecule has 6 heteroatoms. The predicted molar refractivity (Wildman–Crippen MR) is 70.6 cm³/mol. The summed E-state index contributed by atoms with van der Waals surface area (Å²) in [6.07, 6.45) is 4.21. The van der Waals surface area contributed by atoms with Gasteiger partial charge in [-0.2, -0.15) is 0 Å². The highest BCUT2D eigenvalue weighted by Gasteiger charge is 2.41. The molecule has 1 saturated carbocycles. The zero-order valence-electron chi connectivity index (χ0n) is 10.8. The minimum absolute atomic E-state index is 0.0731. The van der Waals surface area contributed by atoms with Crippen molar-refractivity contribution in [2.75, 3.05) is 5.75 Å². The van der Waals surface area contributed by atoms with Gasteiger partial charge in [0.25, 0.3) is 0 Å². The molecule has 0 bridgehead atoms. The number of carbonyl (C=O) groups is 2. The van der Waals surface area contributed by atoms with Crippen LogP contribution in [0.5, 0.6) is 0 Å². The highest BCUT2D eigenvalue weighted by molar-refractivity contribution is 8.00. The van der Waals surface area contributed by atoms with E-state index in [4.69, 9.17) is 5.11 Å². The van der Waals surface area contributed by atoms with E-state index in [0.29, 0.717) is 5.75 Å². The third kappa shape index (κ3) is 2.58. The number of aliphatic carboxylic acids is 1. The van der Waals surface area contributed by atoms with Crippen LogP contribution in [-0.4, -0.2) is 44.7 Å². The molecule has 2 rings (SSSR count). The van der Waals surface area contributed by atoms with Crippen LogP contribution < -0.4 is 5.32 Å². The molecule has 2 amide bonds. The van der Waals surface area contributed by atoms with Gasteiger partial charge >= 0.3 is 12.0 Å². The summed E-state index contributed by atoms with van der Waals surface area (Å²) in [5, 5.41) is 12.1. The SMILES string of the molecule is CC1SCC(C(=O)O)N1C(=O)NC1(C)CCCC1. The molecule has 0 aromatic heterocycles. The molecular weight excluding hydrogens is 252 g/mol. The van der Waals surface area contributed by atoms with E-state index in [2.05, 4.69) is 5.32 Å². The van der Waals surface area contributed by atoms with E-state index < -0.39 is 12.0 Å². The molecule has 2 N–H and O–H groups in total. The number of amides is 2. The molecule has 0 spiro atoms. The molecule has 1 aliphatic heterocycles. The average molecular weight is 272 g/mol. The summed E-state index contributed by atoms with van der Waals surface area (Å²) >= 11 is 1.51. The van der Waals surface area contributed by atoms with Crippen LogP contribution in [0.25, 0.3) is 0 Å². The maximum Gasteiger partial charge on any atom is 0.327 e. The molecule has 1 heterocycles. The lowest BCUT2D eigenvalue weighted by Gasteiger charge is -2.32. The Morgan fingerprint density at radius 3 is 2.56 bits per heavy atom. The molecule has 0 aromatic carbocycles. The van der Waals surface area contributed by atoms with Gasteiger partial charge in [-0.15, -0.1) is 11.8 Å². The number of rotatable bonds is 2. The van der Waals surface area contributed by atoms with Crippen molar-refractivity contribution >= 4 is 23.8 Å². The lowest BCUT2D eigenvalue weighted by atomic mass is 10.0. The number of nitrogens with one attached hydrogen (secondary N) is 1. The predicted octanol–water partition coefficient (Wildman–Crippen LogP) is 1.88. The summed E-state index contributed by atoms with van der Waals surface area (Å²) in [5.74, 6) is -0.445. The fourth-order valence-electron chi connectivity index (χ4n) is 2.74. The summed E-state index contributed by atoms with van der Waals surface area (Å²) in [5.41, 5.74) is -0.160. The van der Waals surface area contributed by atoms with Crippen molar-refractivity contribution < 1.29 is 14.7 Å². The molecule has 1 saturated heterocycles. The van der Waals surface area contributed by atoms with Gasteiger partial charge in [0.05, 0.1) is 5.37 Å². The average Bonchev–Trinajstić information content (AvgIpc) is 2.84. The highest BCUT2D eigenvalue weighted by atomic mass is 32.2. The standard InChI is InChI=1S/C12H20N2O3S/c1-8-14(9(7-18-8)10(15)16)11(17)13-12(2)5-3-4-6-12/h8-9H,3-7H2,1-2H3,(H,13,17)(H,15,16). The van der Waals surface area contributed by atoms with Crippen LogP contribution in [0.2, 0.25) is 0 Å². The Hall–Kier alpha value is -0.910. The van der Waals surface area contributed by atoms with E-state index >= 15 is 0 Å². The van der Waals surface area contributed by atoms with Crippen molar-refractivity contribution in [2.24, 2.45) is 0 Å². The van der Waals surface area contributed by atoms with Crippen LogP contribution in [0.3, 0.4) is 0 Å². The van der Waals surface area contributed by atoms with Crippen LogP contribution in [-0.2, 0) is 4.79 Å². The van der Waals surface area contributed by atoms with Gasteiger partial charge in [0.1, 0.15) is 6.04 Å². The molecule has 2 aliphatic rings.